The molecule has 0 aromatic heterocycles. The monoisotopic (exact) mass is 416 g/mol. The fourth-order valence-corrected chi connectivity index (χ4v) is 6.28. The predicted molar refractivity (Wildman–Crippen MR) is 124 cm³/mol. The third-order valence-corrected chi connectivity index (χ3v) is 7.97. The highest BCUT2D eigenvalue weighted by Gasteiger charge is 2.32. The van der Waals surface area contributed by atoms with E-state index in [-0.39, 0.29) is 5.57 Å². The molecule has 0 aliphatic rings. The lowest BCUT2D eigenvalue weighted by Crippen LogP contribution is -2.17. The smallest absolute Gasteiger partial charge is 0.346 e. The highest BCUT2D eigenvalue weighted by atomic mass is 31.2. The molecule has 3 rings (SSSR count). The average Bonchev–Trinajstić information content (AvgIpc) is 2.82. The van der Waals surface area contributed by atoms with Crippen LogP contribution < -0.4 is 10.6 Å². The van der Waals surface area contributed by atoms with E-state index in [1.807, 2.05) is 97.9 Å². The molecule has 0 amide bonds. The molecule has 3 aromatic rings. The Morgan fingerprint density at radius 2 is 1.30 bits per heavy atom. The maximum atomic E-state index is 14.7. The van der Waals surface area contributed by atoms with E-state index in [0.717, 1.165) is 17.0 Å². The summed E-state index contributed by atoms with van der Waals surface area (Å²) in [5, 5.41) is 2.07. The van der Waals surface area contributed by atoms with Crippen LogP contribution in [-0.4, -0.2) is 13.1 Å². The number of ether oxygens (including phenoxy) is 1. The molecule has 0 heterocycles. The van der Waals surface area contributed by atoms with Crippen LogP contribution in [0.3, 0.4) is 0 Å². The lowest BCUT2D eigenvalue weighted by Gasteiger charge is -2.21. The molecule has 0 unspecified atom stereocenters. The number of carbonyl (C=O) groups excluding carboxylic acids is 1. The van der Waals surface area contributed by atoms with E-state index in [1.54, 1.807) is 0 Å². The molecule has 0 saturated carbocycles. The maximum Gasteiger partial charge on any atom is 0.346 e. The fourth-order valence-electron chi connectivity index (χ4n) is 3.36. The first-order valence-electron chi connectivity index (χ1n) is 9.96. The van der Waals surface area contributed by atoms with Crippen molar-refractivity contribution in [3.8, 4) is 0 Å². The second-order valence-electron chi connectivity index (χ2n) is 6.83. The fraction of sp³-hybridized carbons (Fsp3) is 0.154. The lowest BCUT2D eigenvalue weighted by atomic mass is 10.1. The van der Waals surface area contributed by atoms with Crippen LogP contribution in [0.4, 0.5) is 0 Å². The highest BCUT2D eigenvalue weighted by molar-refractivity contribution is 7.82. The van der Waals surface area contributed by atoms with Crippen LogP contribution in [-0.2, 0) is 14.1 Å². The van der Waals surface area contributed by atoms with Crippen molar-refractivity contribution in [3.05, 3.63) is 108 Å². The second-order valence-corrected chi connectivity index (χ2v) is 9.63. The molecule has 0 saturated heterocycles. The Kier molecular flexibility index (Phi) is 7.25. The molecule has 0 N–H and O–H groups in total. The van der Waals surface area contributed by atoms with Crippen LogP contribution >= 0.6 is 7.14 Å². The summed E-state index contributed by atoms with van der Waals surface area (Å²) in [6.45, 7) is 2.03. The van der Waals surface area contributed by atoms with Gasteiger partial charge < -0.3 is 9.30 Å². The SMILES string of the molecule is CCCC(=C=C(C(=O)OC)c1ccccc1)P(=O)(c1ccccc1)c1ccccc1. The van der Waals surface area contributed by atoms with Crippen molar-refractivity contribution < 1.29 is 14.1 Å². The summed E-state index contributed by atoms with van der Waals surface area (Å²) in [4.78, 5) is 12.6. The molecule has 0 spiro atoms. The summed E-state index contributed by atoms with van der Waals surface area (Å²) in [5.74, 6) is -0.498. The van der Waals surface area contributed by atoms with E-state index in [0.29, 0.717) is 17.3 Å². The summed E-state index contributed by atoms with van der Waals surface area (Å²) in [7, 11) is -1.85. The summed E-state index contributed by atoms with van der Waals surface area (Å²) < 4.78 is 19.7. The normalized spacial score (nSPS) is 10.7. The van der Waals surface area contributed by atoms with Gasteiger partial charge in [-0.1, -0.05) is 110 Å². The minimum absolute atomic E-state index is 0.286. The zero-order chi connectivity index (χ0) is 21.4. The van der Waals surface area contributed by atoms with Crippen molar-refractivity contribution in [2.75, 3.05) is 7.11 Å². The number of esters is 1. The highest BCUT2D eigenvalue weighted by Crippen LogP contribution is 2.53. The molecule has 0 aliphatic heterocycles. The van der Waals surface area contributed by atoms with Crippen molar-refractivity contribution in [1.29, 1.82) is 0 Å². The molecule has 0 radical (unpaired) electrons. The van der Waals surface area contributed by atoms with Gasteiger partial charge in [-0.3, -0.25) is 0 Å². The summed E-state index contributed by atoms with van der Waals surface area (Å²) in [6, 6.07) is 28.1. The molecule has 3 aromatic carbocycles. The summed E-state index contributed by atoms with van der Waals surface area (Å²) in [6.07, 6.45) is 1.32. The first-order chi connectivity index (χ1) is 14.6. The first-order valence-corrected chi connectivity index (χ1v) is 11.7. The van der Waals surface area contributed by atoms with Crippen molar-refractivity contribution >= 4 is 29.3 Å². The van der Waals surface area contributed by atoms with E-state index in [1.165, 1.54) is 7.11 Å². The molecule has 152 valence electrons. The van der Waals surface area contributed by atoms with Gasteiger partial charge in [-0.2, -0.15) is 0 Å². The number of rotatable bonds is 7. The van der Waals surface area contributed by atoms with Gasteiger partial charge in [-0.25, -0.2) is 4.79 Å². The molecule has 0 aliphatic carbocycles. The van der Waals surface area contributed by atoms with Gasteiger partial charge >= 0.3 is 5.97 Å². The third kappa shape index (κ3) is 4.54. The number of methoxy groups -OCH3 is 1. The topological polar surface area (TPSA) is 43.4 Å². The van der Waals surface area contributed by atoms with E-state index in [9.17, 15) is 9.36 Å². The molecular formula is C26H25O3P. The van der Waals surface area contributed by atoms with Crippen molar-refractivity contribution in [3.63, 3.8) is 0 Å². The summed E-state index contributed by atoms with van der Waals surface area (Å²) >= 11 is 0. The summed E-state index contributed by atoms with van der Waals surface area (Å²) in [5.41, 5.74) is 4.23. The quantitative estimate of drug-likeness (QED) is 0.220. The second kappa shape index (κ2) is 10.1. The van der Waals surface area contributed by atoms with Gasteiger partial charge in [0, 0.05) is 15.9 Å². The van der Waals surface area contributed by atoms with Gasteiger partial charge in [0.2, 0.25) is 0 Å². The van der Waals surface area contributed by atoms with E-state index >= 15 is 0 Å². The number of carbonyl (C=O) groups is 1. The van der Waals surface area contributed by atoms with Crippen LogP contribution in [0.2, 0.25) is 0 Å². The van der Waals surface area contributed by atoms with Gasteiger partial charge in [0.15, 0.2) is 7.14 Å². The van der Waals surface area contributed by atoms with E-state index in [4.69, 9.17) is 4.74 Å². The minimum atomic E-state index is -3.20. The van der Waals surface area contributed by atoms with Gasteiger partial charge in [-0.05, 0) is 12.0 Å². The Bertz CT molecular complexity index is 1050. The van der Waals surface area contributed by atoms with Crippen LogP contribution in [0.5, 0.6) is 0 Å². The zero-order valence-corrected chi connectivity index (χ0v) is 18.1. The minimum Gasteiger partial charge on any atom is -0.465 e. The van der Waals surface area contributed by atoms with Crippen molar-refractivity contribution in [2.45, 2.75) is 19.8 Å². The van der Waals surface area contributed by atoms with E-state index < -0.39 is 13.1 Å². The van der Waals surface area contributed by atoms with Gasteiger partial charge in [0.05, 0.1) is 7.11 Å². The third-order valence-electron chi connectivity index (χ3n) is 4.83. The molecule has 0 fully saturated rings. The van der Waals surface area contributed by atoms with Gasteiger partial charge in [0.25, 0.3) is 0 Å². The first kappa shape index (κ1) is 21.6. The number of hydrogen-bond donors (Lipinski definition) is 0. The molecule has 30 heavy (non-hydrogen) atoms. The largest absolute Gasteiger partial charge is 0.465 e. The maximum absolute atomic E-state index is 14.7. The van der Waals surface area contributed by atoms with Gasteiger partial charge in [0.1, 0.15) is 5.57 Å². The zero-order valence-electron chi connectivity index (χ0n) is 17.2. The number of benzene rings is 3. The van der Waals surface area contributed by atoms with Crippen LogP contribution in [0.15, 0.2) is 102 Å². The molecule has 4 heteroatoms. The Hall–Kier alpha value is -3.12. The molecule has 0 bridgehead atoms. The van der Waals surface area contributed by atoms with Crippen LogP contribution in [0.1, 0.15) is 25.3 Å². The van der Waals surface area contributed by atoms with Crippen LogP contribution in [0.25, 0.3) is 5.57 Å². The molecular weight excluding hydrogens is 391 g/mol. The number of hydrogen-bond acceptors (Lipinski definition) is 3. The molecule has 3 nitrogen and oxygen atoms in total. The Morgan fingerprint density at radius 3 is 1.73 bits per heavy atom. The molecule has 0 atom stereocenters. The Labute approximate surface area is 178 Å². The standard InChI is InChI=1S/C26H25O3P/c1-3-13-24(20-25(26(27)29-2)21-14-7-4-8-15-21)30(28,22-16-9-5-10-17-22)23-18-11-6-12-19-23/h4-12,14-19H,3,13H2,1-2H3. The van der Waals surface area contributed by atoms with Crippen LogP contribution in [0, 0.1) is 0 Å². The lowest BCUT2D eigenvalue weighted by molar-refractivity contribution is -0.133. The van der Waals surface area contributed by atoms with Crippen molar-refractivity contribution in [1.82, 2.24) is 0 Å². The Balaban J connectivity index is 2.39. The van der Waals surface area contributed by atoms with Crippen molar-refractivity contribution in [2.24, 2.45) is 0 Å². The van der Waals surface area contributed by atoms with E-state index in [2.05, 4.69) is 5.73 Å². The average molecular weight is 416 g/mol. The predicted octanol–water partition coefficient (Wildman–Crippen LogP) is 5.54. The Morgan fingerprint density at radius 1 is 0.833 bits per heavy atom. The van der Waals surface area contributed by atoms with Gasteiger partial charge in [-0.15, -0.1) is 0 Å².